The van der Waals surface area contributed by atoms with Crippen molar-refractivity contribution in [2.24, 2.45) is 28.1 Å². The van der Waals surface area contributed by atoms with Gasteiger partial charge in [0.15, 0.2) is 0 Å². The lowest BCUT2D eigenvalue weighted by molar-refractivity contribution is 0.0656. The summed E-state index contributed by atoms with van der Waals surface area (Å²) in [6, 6.07) is 0. The second kappa shape index (κ2) is 4.85. The molecule has 0 N–H and O–H groups in total. The van der Waals surface area contributed by atoms with E-state index in [9.17, 15) is 0 Å². The van der Waals surface area contributed by atoms with Crippen molar-refractivity contribution in [2.75, 3.05) is 0 Å². The quantitative estimate of drug-likeness (QED) is 0.421. The van der Waals surface area contributed by atoms with Crippen molar-refractivity contribution in [3.05, 3.63) is 20.8 Å². The average Bonchev–Trinajstić information content (AvgIpc) is 2.69. The van der Waals surface area contributed by atoms with E-state index in [1.807, 2.05) is 0 Å². The van der Waals surface area contributed by atoms with E-state index in [0.29, 0.717) is 10.8 Å². The fraction of sp³-hybridized carbons (Fsp3) is 0.800. The number of hydrogen-bond acceptors (Lipinski definition) is 0. The van der Waals surface area contributed by atoms with Gasteiger partial charge in [-0.3, -0.25) is 0 Å². The predicted octanol–water partition coefficient (Wildman–Crippen LogP) is 6.90. The van der Waals surface area contributed by atoms with Crippen LogP contribution in [0.4, 0.5) is 0 Å². The fourth-order valence-corrected chi connectivity index (χ4v) is 8.29. The van der Waals surface area contributed by atoms with Crippen molar-refractivity contribution in [1.82, 2.24) is 0 Å². The highest BCUT2D eigenvalue weighted by Crippen LogP contribution is 2.69. The van der Waals surface area contributed by atoms with Gasteiger partial charge in [-0.1, -0.05) is 79.7 Å². The fourth-order valence-electron chi connectivity index (χ4n) is 6.54. The van der Waals surface area contributed by atoms with Crippen LogP contribution in [-0.2, 0) is 0 Å². The van der Waals surface area contributed by atoms with Crippen LogP contribution >= 0.6 is 22.6 Å². The zero-order valence-electron chi connectivity index (χ0n) is 14.6. The first kappa shape index (κ1) is 16.1. The minimum absolute atomic E-state index is 0.246. The maximum atomic E-state index is 2.60. The normalized spacial score (nSPS) is 34.0. The molecule has 1 unspecified atom stereocenters. The molecule has 0 saturated heterocycles. The van der Waals surface area contributed by atoms with Crippen LogP contribution < -0.4 is 0 Å². The first-order valence-electron chi connectivity index (χ1n) is 8.74. The maximum absolute atomic E-state index is 2.60. The van der Waals surface area contributed by atoms with Crippen molar-refractivity contribution in [3.8, 4) is 0 Å². The van der Waals surface area contributed by atoms with Gasteiger partial charge < -0.3 is 0 Å². The summed E-state index contributed by atoms with van der Waals surface area (Å²) in [6.45, 7) is 15.0. The molecule has 118 valence electrons. The monoisotopic (exact) mass is 398 g/mol. The van der Waals surface area contributed by atoms with Crippen LogP contribution in [0.15, 0.2) is 20.8 Å². The molecule has 0 radical (unpaired) electrons. The zero-order chi connectivity index (χ0) is 15.6. The molecule has 0 aromatic rings. The molecule has 0 heterocycles. The third-order valence-electron chi connectivity index (χ3n) is 6.59. The van der Waals surface area contributed by atoms with E-state index in [1.54, 1.807) is 11.1 Å². The van der Waals surface area contributed by atoms with Crippen LogP contribution in [0.25, 0.3) is 0 Å². The van der Waals surface area contributed by atoms with Gasteiger partial charge in [0.1, 0.15) is 0 Å². The Morgan fingerprint density at radius 2 is 1.48 bits per heavy atom. The molecule has 1 fully saturated rings. The van der Waals surface area contributed by atoms with Gasteiger partial charge in [-0.25, -0.2) is 0 Å². The Kier molecular flexibility index (Phi) is 3.71. The van der Waals surface area contributed by atoms with Gasteiger partial charge in [0.25, 0.3) is 0 Å². The summed E-state index contributed by atoms with van der Waals surface area (Å²) in [5.41, 5.74) is 4.37. The summed E-state index contributed by atoms with van der Waals surface area (Å²) < 4.78 is 1.53. The molecule has 1 heteroatoms. The summed E-state index contributed by atoms with van der Waals surface area (Å²) in [5, 5.41) is 0. The highest BCUT2D eigenvalue weighted by atomic mass is 127. The first-order chi connectivity index (χ1) is 9.60. The van der Waals surface area contributed by atoms with Crippen LogP contribution in [0.2, 0.25) is 0 Å². The molecule has 3 aliphatic carbocycles. The molecule has 0 aliphatic heterocycles. The summed E-state index contributed by atoms with van der Waals surface area (Å²) in [4.78, 5) is 0. The highest BCUT2D eigenvalue weighted by Gasteiger charge is 2.59. The van der Waals surface area contributed by atoms with Gasteiger partial charge in [0.05, 0.1) is 0 Å². The topological polar surface area (TPSA) is 0 Å². The van der Waals surface area contributed by atoms with Gasteiger partial charge >= 0.3 is 0 Å². The maximum Gasteiger partial charge on any atom is 0.0136 e. The Morgan fingerprint density at radius 3 is 2.00 bits per heavy atom. The highest BCUT2D eigenvalue weighted by molar-refractivity contribution is 14.1. The molecule has 21 heavy (non-hydrogen) atoms. The molecule has 0 aromatic heterocycles. The lowest BCUT2D eigenvalue weighted by Gasteiger charge is -2.47. The van der Waals surface area contributed by atoms with E-state index < -0.39 is 0 Å². The molecule has 3 rings (SSSR count). The smallest absolute Gasteiger partial charge is 0.0136 e. The van der Waals surface area contributed by atoms with E-state index in [0.717, 1.165) is 11.8 Å². The molecule has 0 nitrogen and oxygen atoms in total. The van der Waals surface area contributed by atoms with Crippen LogP contribution in [0.1, 0.15) is 73.6 Å². The van der Waals surface area contributed by atoms with Crippen LogP contribution in [0.5, 0.6) is 0 Å². The standard InChI is InChI=1S/C20H31I/c1-18(2)12-14(21)15-17(18)20(5,6)16(19(15,3)4)13-10-8-7-9-11-13/h12-13,16H,7-11H2,1-6H3. The van der Waals surface area contributed by atoms with Gasteiger partial charge in [-0.05, 0) is 56.4 Å². The molecule has 0 aromatic carbocycles. The van der Waals surface area contributed by atoms with E-state index in [-0.39, 0.29) is 5.41 Å². The number of allylic oxidation sites excluding steroid dienone is 4. The van der Waals surface area contributed by atoms with Crippen molar-refractivity contribution < 1.29 is 0 Å². The third kappa shape index (κ3) is 2.20. The van der Waals surface area contributed by atoms with Gasteiger partial charge in [0, 0.05) is 8.99 Å². The Morgan fingerprint density at radius 1 is 0.905 bits per heavy atom. The van der Waals surface area contributed by atoms with Gasteiger partial charge in [-0.15, -0.1) is 0 Å². The van der Waals surface area contributed by atoms with E-state index in [1.165, 1.54) is 35.7 Å². The van der Waals surface area contributed by atoms with Crippen LogP contribution in [-0.4, -0.2) is 0 Å². The van der Waals surface area contributed by atoms with Gasteiger partial charge in [0.2, 0.25) is 0 Å². The predicted molar refractivity (Wildman–Crippen MR) is 101 cm³/mol. The van der Waals surface area contributed by atoms with E-state index in [2.05, 4.69) is 70.2 Å². The Labute approximate surface area is 145 Å². The molecule has 1 saturated carbocycles. The molecular formula is C20H31I. The second-order valence-electron chi connectivity index (χ2n) is 9.28. The number of rotatable bonds is 1. The lowest BCUT2D eigenvalue weighted by atomic mass is 9.58. The molecule has 0 bridgehead atoms. The molecule has 3 aliphatic rings. The number of hydrogen-bond donors (Lipinski definition) is 0. The van der Waals surface area contributed by atoms with Crippen molar-refractivity contribution in [1.29, 1.82) is 0 Å². The van der Waals surface area contributed by atoms with E-state index >= 15 is 0 Å². The molecular weight excluding hydrogens is 367 g/mol. The van der Waals surface area contributed by atoms with Crippen LogP contribution in [0, 0.1) is 28.1 Å². The van der Waals surface area contributed by atoms with E-state index in [4.69, 9.17) is 0 Å². The lowest BCUT2D eigenvalue weighted by Crippen LogP contribution is -2.39. The van der Waals surface area contributed by atoms with Crippen molar-refractivity contribution in [2.45, 2.75) is 73.6 Å². The summed E-state index contributed by atoms with van der Waals surface area (Å²) >= 11 is 2.60. The second-order valence-corrected chi connectivity index (χ2v) is 10.4. The van der Waals surface area contributed by atoms with Gasteiger partial charge in [-0.2, -0.15) is 0 Å². The van der Waals surface area contributed by atoms with Crippen LogP contribution in [0.3, 0.4) is 0 Å². The Hall–Kier alpha value is 0.210. The molecule has 0 spiro atoms. The first-order valence-corrected chi connectivity index (χ1v) is 9.82. The number of halogens is 1. The summed E-state index contributed by atoms with van der Waals surface area (Å²) in [7, 11) is 0. The van der Waals surface area contributed by atoms with Crippen molar-refractivity contribution >= 4 is 22.6 Å². The Balaban J connectivity index is 2.09. The summed E-state index contributed by atoms with van der Waals surface area (Å²) in [6.07, 6.45) is 9.79. The van der Waals surface area contributed by atoms with Crippen molar-refractivity contribution in [3.63, 3.8) is 0 Å². The minimum atomic E-state index is 0.246. The molecule has 0 amide bonds. The average molecular weight is 398 g/mol. The summed E-state index contributed by atoms with van der Waals surface area (Å²) in [5.74, 6) is 1.74. The third-order valence-corrected chi connectivity index (χ3v) is 7.44. The zero-order valence-corrected chi connectivity index (χ0v) is 16.8. The minimum Gasteiger partial charge on any atom is -0.0611 e. The Bertz CT molecular complexity index is 510. The largest absolute Gasteiger partial charge is 0.0611 e. The molecule has 1 atom stereocenters. The SMILES string of the molecule is CC1(C)C=C(I)C2=C1C(C)(C)C(C1CCCCC1)C2(C)C.